The number of alkyl carbamates (subject to hydrolysis) is 1. The van der Waals surface area contributed by atoms with Crippen LogP contribution < -0.4 is 5.32 Å². The summed E-state index contributed by atoms with van der Waals surface area (Å²) >= 11 is 0. The van der Waals surface area contributed by atoms with Gasteiger partial charge in [-0.05, 0) is 91.1 Å². The lowest BCUT2D eigenvalue weighted by molar-refractivity contribution is -0.143. The molecule has 0 rings (SSSR count). The van der Waals surface area contributed by atoms with E-state index in [0.29, 0.717) is 26.4 Å². The van der Waals surface area contributed by atoms with Gasteiger partial charge in [0.1, 0.15) is 13.2 Å². The van der Waals surface area contributed by atoms with E-state index < -0.39 is 12.1 Å². The van der Waals surface area contributed by atoms with Gasteiger partial charge in [-0.1, -0.05) is 140 Å². The minimum Gasteiger partial charge on any atom is -0.466 e. The van der Waals surface area contributed by atoms with Gasteiger partial charge in [-0.2, -0.15) is 0 Å². The van der Waals surface area contributed by atoms with Crippen molar-refractivity contribution in [3.8, 4) is 0 Å². The first-order valence-electron chi connectivity index (χ1n) is 21.3. The number of nitrogens with zero attached hydrogens (tertiary/aromatic N) is 1. The van der Waals surface area contributed by atoms with Crippen LogP contribution in [0.1, 0.15) is 175 Å². The quantitative estimate of drug-likeness (QED) is 0.0299. The Bertz CT molecular complexity index is 928. The third-order valence-corrected chi connectivity index (χ3v) is 8.41. The Morgan fingerprint density at radius 2 is 0.887 bits per heavy atom. The van der Waals surface area contributed by atoms with E-state index in [4.69, 9.17) is 14.2 Å². The first-order chi connectivity index (χ1) is 25.8. The molecule has 0 unspecified atom stereocenters. The van der Waals surface area contributed by atoms with Gasteiger partial charge in [0.25, 0.3) is 0 Å². The number of likely N-dealkylation sites (N-methyl/N-ethyl adjacent to an activating group) is 1. The maximum atomic E-state index is 11.6. The zero-order valence-electron chi connectivity index (χ0n) is 35.0. The molecular formula is C45H82N2O6. The monoisotopic (exact) mass is 747 g/mol. The van der Waals surface area contributed by atoms with E-state index in [-0.39, 0.29) is 12.5 Å². The number of ether oxygens (including phenoxy) is 3. The van der Waals surface area contributed by atoms with Crippen LogP contribution in [0, 0.1) is 0 Å². The molecule has 0 saturated carbocycles. The smallest absolute Gasteiger partial charge is 0.407 e. The summed E-state index contributed by atoms with van der Waals surface area (Å²) in [6.45, 7) is 7.73. The van der Waals surface area contributed by atoms with Crippen LogP contribution in [0.2, 0.25) is 0 Å². The second-order valence-electron chi connectivity index (χ2n) is 14.0. The number of esters is 2. The normalized spacial score (nSPS) is 11.5. The molecule has 0 saturated heterocycles. The lowest BCUT2D eigenvalue weighted by atomic mass is 10.1. The maximum Gasteiger partial charge on any atom is 0.407 e. The van der Waals surface area contributed by atoms with E-state index in [1.165, 1.54) is 116 Å². The molecule has 0 aromatic carbocycles. The summed E-state index contributed by atoms with van der Waals surface area (Å²) in [5, 5.41) is 2.40. The Morgan fingerprint density at radius 1 is 0.491 bits per heavy atom. The molecule has 0 spiro atoms. The van der Waals surface area contributed by atoms with Gasteiger partial charge < -0.3 is 24.4 Å². The van der Waals surface area contributed by atoms with Gasteiger partial charge >= 0.3 is 18.0 Å². The lowest BCUT2D eigenvalue weighted by Gasteiger charge is -2.10. The van der Waals surface area contributed by atoms with Crippen molar-refractivity contribution in [1.82, 2.24) is 10.2 Å². The van der Waals surface area contributed by atoms with Crippen LogP contribution in [0.25, 0.3) is 0 Å². The molecule has 0 aliphatic carbocycles. The summed E-state index contributed by atoms with van der Waals surface area (Å²) in [7, 11) is 3.79. The molecule has 8 nitrogen and oxygen atoms in total. The van der Waals surface area contributed by atoms with Crippen LogP contribution in [-0.2, 0) is 23.8 Å². The summed E-state index contributed by atoms with van der Waals surface area (Å²) in [6, 6.07) is 0. The van der Waals surface area contributed by atoms with Crippen molar-refractivity contribution in [2.45, 2.75) is 175 Å². The Balaban J connectivity index is 0. The van der Waals surface area contributed by atoms with Crippen molar-refractivity contribution in [3.05, 3.63) is 48.6 Å². The Kier molecular flexibility index (Phi) is 44.6. The van der Waals surface area contributed by atoms with Gasteiger partial charge in [0, 0.05) is 13.5 Å². The number of amides is 1. The topological polar surface area (TPSA) is 94.2 Å². The highest BCUT2D eigenvalue weighted by molar-refractivity contribution is 5.77. The zero-order valence-corrected chi connectivity index (χ0v) is 35.0. The number of hydrogen-bond donors (Lipinski definition) is 1. The number of unbranched alkanes of at least 4 members (excludes halogenated alkanes) is 18. The highest BCUT2D eigenvalue weighted by Gasteiger charge is 2.07. The van der Waals surface area contributed by atoms with Crippen molar-refractivity contribution in [2.75, 3.05) is 47.0 Å². The first-order valence-corrected chi connectivity index (χ1v) is 21.3. The van der Waals surface area contributed by atoms with Crippen molar-refractivity contribution >= 4 is 18.0 Å². The summed E-state index contributed by atoms with van der Waals surface area (Å²) in [5.41, 5.74) is 0. The fourth-order valence-electron chi connectivity index (χ4n) is 5.15. The molecule has 0 atom stereocenters. The molecule has 0 aromatic heterocycles. The van der Waals surface area contributed by atoms with E-state index in [1.807, 2.05) is 19.0 Å². The molecule has 8 heteroatoms. The predicted molar refractivity (Wildman–Crippen MR) is 224 cm³/mol. The summed E-state index contributed by atoms with van der Waals surface area (Å²) in [6.07, 6.45) is 46.7. The van der Waals surface area contributed by atoms with Gasteiger partial charge in [-0.3, -0.25) is 9.59 Å². The number of allylic oxidation sites excluding steroid dienone is 8. The van der Waals surface area contributed by atoms with Gasteiger partial charge in [0.15, 0.2) is 0 Å². The average Bonchev–Trinajstić information content (AvgIpc) is 3.13. The summed E-state index contributed by atoms with van der Waals surface area (Å²) in [4.78, 5) is 35.5. The van der Waals surface area contributed by atoms with E-state index in [2.05, 4.69) is 67.8 Å². The molecule has 1 N–H and O–H groups in total. The van der Waals surface area contributed by atoms with Crippen LogP contribution in [-0.4, -0.2) is 69.9 Å². The fraction of sp³-hybridized carbons (Fsp3) is 0.756. The third kappa shape index (κ3) is 51.3. The van der Waals surface area contributed by atoms with Crippen LogP contribution >= 0.6 is 0 Å². The van der Waals surface area contributed by atoms with Crippen LogP contribution in [0.4, 0.5) is 4.79 Å². The average molecular weight is 747 g/mol. The second kappa shape index (κ2) is 45.3. The second-order valence-corrected chi connectivity index (χ2v) is 14.0. The number of rotatable bonds is 35. The molecule has 0 aliphatic rings. The third-order valence-electron chi connectivity index (χ3n) is 8.41. The van der Waals surface area contributed by atoms with Crippen LogP contribution in [0.5, 0.6) is 0 Å². The number of hydrogen-bond acceptors (Lipinski definition) is 7. The fourth-order valence-corrected chi connectivity index (χ4v) is 5.15. The van der Waals surface area contributed by atoms with Crippen LogP contribution in [0.3, 0.4) is 0 Å². The lowest BCUT2D eigenvalue weighted by Crippen LogP contribution is -2.32. The molecule has 0 radical (unpaired) electrons. The number of carbonyl (C=O) groups is 3. The molecule has 0 aromatic rings. The zero-order chi connectivity index (χ0) is 39.3. The minimum absolute atomic E-state index is 0.150. The van der Waals surface area contributed by atoms with E-state index in [9.17, 15) is 14.4 Å². The van der Waals surface area contributed by atoms with E-state index in [0.717, 1.165) is 44.9 Å². The predicted octanol–water partition coefficient (Wildman–Crippen LogP) is 12.0. The van der Waals surface area contributed by atoms with Gasteiger partial charge in [0.05, 0.1) is 13.2 Å². The van der Waals surface area contributed by atoms with Crippen molar-refractivity contribution in [1.29, 1.82) is 0 Å². The number of carbonyl (C=O) groups excluding carboxylic acids is 3. The maximum absolute atomic E-state index is 11.6. The Hall–Kier alpha value is -2.87. The van der Waals surface area contributed by atoms with E-state index in [1.54, 1.807) is 0 Å². The van der Waals surface area contributed by atoms with Crippen molar-refractivity contribution < 1.29 is 28.6 Å². The SMILES string of the molecule is CCCCC/C=C\C/C=C\CCCCCCCCOC(=O)CNC(=O)OCCN(C)C.CCCCC/C=C\C/C=C\CCCCCCCCOC(C)=O. The van der Waals surface area contributed by atoms with Gasteiger partial charge in [-0.25, -0.2) is 4.79 Å². The summed E-state index contributed by atoms with van der Waals surface area (Å²) < 4.78 is 15.0. The van der Waals surface area contributed by atoms with Crippen molar-refractivity contribution in [3.63, 3.8) is 0 Å². The van der Waals surface area contributed by atoms with Crippen molar-refractivity contribution in [2.24, 2.45) is 0 Å². The molecule has 0 heterocycles. The molecular weight excluding hydrogens is 665 g/mol. The Morgan fingerprint density at radius 3 is 1.30 bits per heavy atom. The molecule has 0 aliphatic heterocycles. The Labute approximate surface area is 326 Å². The standard InChI is InChI=1S/C25H46N2O4.C20H36O2/c1-4-5-6-7-8-9-10-11-12-13-14-15-16-17-18-19-21-30-24(28)23-26-25(29)31-22-20-27(2)3;1-3-4-5-6-7-8-9-10-11-12-13-14-15-16-17-18-19-22-20(2)21/h8-9,11-12H,4-7,10,13-23H2,1-3H3,(H,26,29);7-8,10-11H,3-6,9,12-19H2,1-2H3/b9-8-,12-11-;8-7-,11-10-. The van der Waals surface area contributed by atoms with Gasteiger partial charge in [0.2, 0.25) is 0 Å². The molecule has 0 fully saturated rings. The highest BCUT2D eigenvalue weighted by atomic mass is 16.6. The van der Waals surface area contributed by atoms with Gasteiger partial charge in [-0.15, -0.1) is 0 Å². The van der Waals surface area contributed by atoms with Crippen LogP contribution in [0.15, 0.2) is 48.6 Å². The first kappa shape index (κ1) is 52.2. The van der Waals surface area contributed by atoms with E-state index >= 15 is 0 Å². The largest absolute Gasteiger partial charge is 0.466 e. The highest BCUT2D eigenvalue weighted by Crippen LogP contribution is 2.10. The molecule has 308 valence electrons. The minimum atomic E-state index is -0.590. The number of nitrogens with one attached hydrogen (secondary N) is 1. The molecule has 0 bridgehead atoms. The molecule has 1 amide bonds. The summed E-state index contributed by atoms with van der Waals surface area (Å²) in [5.74, 6) is -0.588. The molecule has 53 heavy (non-hydrogen) atoms.